The molecule has 2 nitrogen and oxygen atoms in total. The van der Waals surface area contributed by atoms with Crippen LogP contribution in [0.5, 0.6) is 0 Å². The molecule has 1 aromatic carbocycles. The van der Waals surface area contributed by atoms with E-state index in [1.807, 2.05) is 18.2 Å². The maximum atomic E-state index is 9.25. The highest BCUT2D eigenvalue weighted by Crippen LogP contribution is 2.58. The third-order valence-corrected chi connectivity index (χ3v) is 3.27. The Hall–Kier alpha value is -1.12. The van der Waals surface area contributed by atoms with E-state index in [0.717, 1.165) is 23.1 Å². The number of aliphatic hydroxyl groups excluding tert-OH is 2. The van der Waals surface area contributed by atoms with Crippen LogP contribution in [0.2, 0.25) is 0 Å². The van der Waals surface area contributed by atoms with Gasteiger partial charge in [0.2, 0.25) is 0 Å². The van der Waals surface area contributed by atoms with Gasteiger partial charge in [0.1, 0.15) is 0 Å². The van der Waals surface area contributed by atoms with Gasteiger partial charge in [0.05, 0.1) is 13.2 Å². The molecule has 1 unspecified atom stereocenters. The van der Waals surface area contributed by atoms with Gasteiger partial charge in [-0.3, -0.25) is 0 Å². The Balaban J connectivity index is 2.20. The first-order valence-corrected chi connectivity index (χ1v) is 4.92. The van der Waals surface area contributed by atoms with Gasteiger partial charge in [0.15, 0.2) is 0 Å². The van der Waals surface area contributed by atoms with E-state index in [0.29, 0.717) is 5.92 Å². The quantitative estimate of drug-likeness (QED) is 0.737. The summed E-state index contributed by atoms with van der Waals surface area (Å²) in [7, 11) is 0. The van der Waals surface area contributed by atoms with E-state index in [2.05, 4.69) is 0 Å². The molecule has 0 saturated heterocycles. The van der Waals surface area contributed by atoms with E-state index in [1.165, 1.54) is 11.1 Å². The lowest BCUT2D eigenvalue weighted by Gasteiger charge is -2.09. The SMILES string of the molecule is OCC1=C2CC2c2c(CO)cccc21. The second kappa shape index (κ2) is 2.69. The average Bonchev–Trinajstić information content (AvgIpc) is 2.93. The summed E-state index contributed by atoms with van der Waals surface area (Å²) in [4.78, 5) is 0. The van der Waals surface area contributed by atoms with Crippen LogP contribution in [-0.4, -0.2) is 16.8 Å². The molecule has 0 heterocycles. The third-order valence-electron chi connectivity index (χ3n) is 3.27. The van der Waals surface area contributed by atoms with E-state index >= 15 is 0 Å². The van der Waals surface area contributed by atoms with Crippen LogP contribution in [0.1, 0.15) is 29.0 Å². The van der Waals surface area contributed by atoms with Crippen LogP contribution in [0.4, 0.5) is 0 Å². The first kappa shape index (κ1) is 8.21. The van der Waals surface area contributed by atoms with E-state index < -0.39 is 0 Å². The maximum Gasteiger partial charge on any atom is 0.0687 e. The zero-order chi connectivity index (χ0) is 9.71. The van der Waals surface area contributed by atoms with Crippen molar-refractivity contribution in [2.75, 3.05) is 6.61 Å². The molecular weight excluding hydrogens is 176 g/mol. The summed E-state index contributed by atoms with van der Waals surface area (Å²) >= 11 is 0. The van der Waals surface area contributed by atoms with Gasteiger partial charge in [-0.15, -0.1) is 0 Å². The lowest BCUT2D eigenvalue weighted by Crippen LogP contribution is -1.96. The second-order valence-corrected chi connectivity index (χ2v) is 3.96. The summed E-state index contributed by atoms with van der Waals surface area (Å²) in [6.07, 6.45) is 1.08. The molecule has 3 rings (SSSR count). The fraction of sp³-hybridized carbons (Fsp3) is 0.333. The van der Waals surface area contributed by atoms with Crippen molar-refractivity contribution in [2.24, 2.45) is 0 Å². The summed E-state index contributed by atoms with van der Waals surface area (Å²) in [5, 5.41) is 18.5. The van der Waals surface area contributed by atoms with Crippen molar-refractivity contribution in [1.82, 2.24) is 0 Å². The normalized spacial score (nSPS) is 22.3. The fourth-order valence-corrected chi connectivity index (χ4v) is 2.56. The number of benzene rings is 1. The van der Waals surface area contributed by atoms with Crippen molar-refractivity contribution in [3.8, 4) is 0 Å². The van der Waals surface area contributed by atoms with Crippen LogP contribution < -0.4 is 0 Å². The van der Waals surface area contributed by atoms with Crippen molar-refractivity contribution < 1.29 is 10.2 Å². The van der Waals surface area contributed by atoms with E-state index in [1.54, 1.807) is 0 Å². The molecule has 2 aliphatic carbocycles. The molecule has 1 atom stereocenters. The smallest absolute Gasteiger partial charge is 0.0687 e. The molecule has 0 aromatic heterocycles. The number of fused-ring (bicyclic) bond motifs is 3. The van der Waals surface area contributed by atoms with Gasteiger partial charge in [-0.25, -0.2) is 0 Å². The first-order chi connectivity index (χ1) is 6.86. The fourth-order valence-electron chi connectivity index (χ4n) is 2.56. The Labute approximate surface area is 82.5 Å². The van der Waals surface area contributed by atoms with Crippen molar-refractivity contribution in [3.05, 3.63) is 40.5 Å². The number of aliphatic hydroxyl groups is 2. The number of hydrogen-bond acceptors (Lipinski definition) is 2. The van der Waals surface area contributed by atoms with Gasteiger partial charge in [-0.2, -0.15) is 0 Å². The number of rotatable bonds is 2. The Kier molecular flexibility index (Phi) is 1.58. The van der Waals surface area contributed by atoms with E-state index in [4.69, 9.17) is 0 Å². The highest BCUT2D eigenvalue weighted by atomic mass is 16.3. The van der Waals surface area contributed by atoms with E-state index in [-0.39, 0.29) is 13.2 Å². The molecule has 2 aliphatic rings. The van der Waals surface area contributed by atoms with Gasteiger partial charge in [0, 0.05) is 5.92 Å². The molecule has 0 spiro atoms. The predicted molar refractivity (Wildman–Crippen MR) is 53.7 cm³/mol. The van der Waals surface area contributed by atoms with Crippen molar-refractivity contribution >= 4 is 5.57 Å². The van der Waals surface area contributed by atoms with E-state index in [9.17, 15) is 10.2 Å². The minimum atomic E-state index is 0.103. The average molecular weight is 188 g/mol. The van der Waals surface area contributed by atoms with Gasteiger partial charge in [0.25, 0.3) is 0 Å². The molecular formula is C12H12O2. The van der Waals surface area contributed by atoms with Crippen LogP contribution in [0.3, 0.4) is 0 Å². The zero-order valence-corrected chi connectivity index (χ0v) is 7.83. The maximum absolute atomic E-state index is 9.25. The molecule has 1 saturated carbocycles. The topological polar surface area (TPSA) is 40.5 Å². The molecule has 0 amide bonds. The molecule has 2 heteroatoms. The molecule has 1 fully saturated rings. The van der Waals surface area contributed by atoms with Crippen LogP contribution in [-0.2, 0) is 6.61 Å². The summed E-state index contributed by atoms with van der Waals surface area (Å²) in [5.74, 6) is 0.510. The lowest BCUT2D eigenvalue weighted by atomic mass is 9.97. The summed E-state index contributed by atoms with van der Waals surface area (Å²) in [6.45, 7) is 0.235. The molecule has 14 heavy (non-hydrogen) atoms. The summed E-state index contributed by atoms with van der Waals surface area (Å²) in [5.41, 5.74) is 5.91. The minimum Gasteiger partial charge on any atom is -0.392 e. The van der Waals surface area contributed by atoms with Crippen molar-refractivity contribution in [3.63, 3.8) is 0 Å². The van der Waals surface area contributed by atoms with Gasteiger partial charge >= 0.3 is 0 Å². The third kappa shape index (κ3) is 0.873. The monoisotopic (exact) mass is 188 g/mol. The minimum absolute atomic E-state index is 0.103. The van der Waals surface area contributed by atoms with Crippen LogP contribution >= 0.6 is 0 Å². The molecule has 2 N–H and O–H groups in total. The zero-order valence-electron chi connectivity index (χ0n) is 7.83. The van der Waals surface area contributed by atoms with Gasteiger partial charge < -0.3 is 10.2 Å². The van der Waals surface area contributed by atoms with Crippen molar-refractivity contribution in [1.29, 1.82) is 0 Å². The Bertz CT molecular complexity index is 432. The molecule has 1 aromatic rings. The van der Waals surface area contributed by atoms with Gasteiger partial charge in [-0.05, 0) is 28.7 Å². The largest absolute Gasteiger partial charge is 0.392 e. The highest BCUT2D eigenvalue weighted by Gasteiger charge is 2.42. The predicted octanol–water partition coefficient (Wildman–Crippen LogP) is 1.43. The number of allylic oxidation sites excluding steroid dienone is 1. The molecule has 0 bridgehead atoms. The molecule has 0 aliphatic heterocycles. The van der Waals surface area contributed by atoms with Crippen LogP contribution in [0.25, 0.3) is 5.57 Å². The Morgan fingerprint density at radius 1 is 1.21 bits per heavy atom. The van der Waals surface area contributed by atoms with Crippen LogP contribution in [0, 0.1) is 0 Å². The molecule has 0 radical (unpaired) electrons. The summed E-state index contributed by atoms with van der Waals surface area (Å²) < 4.78 is 0. The van der Waals surface area contributed by atoms with Crippen molar-refractivity contribution in [2.45, 2.75) is 18.9 Å². The van der Waals surface area contributed by atoms with Gasteiger partial charge in [-0.1, -0.05) is 23.8 Å². The standard InChI is InChI=1S/C12H12O2/c13-5-7-2-1-3-8-11(6-14)9-4-10(9)12(7)8/h1-3,10,13-14H,4-6H2. The van der Waals surface area contributed by atoms with Crippen LogP contribution in [0.15, 0.2) is 23.8 Å². The molecule has 72 valence electrons. The lowest BCUT2D eigenvalue weighted by molar-refractivity contribution is 0.280. The highest BCUT2D eigenvalue weighted by molar-refractivity contribution is 5.84. The first-order valence-electron chi connectivity index (χ1n) is 4.92. The summed E-state index contributed by atoms with van der Waals surface area (Å²) in [6, 6.07) is 5.96. The second-order valence-electron chi connectivity index (χ2n) is 3.96. The Morgan fingerprint density at radius 2 is 2.07 bits per heavy atom. The Morgan fingerprint density at radius 3 is 2.79 bits per heavy atom. The number of hydrogen-bond donors (Lipinski definition) is 2.